The Balaban J connectivity index is 6.82. The minimum atomic E-state index is -2.00. The predicted octanol–water partition coefficient (Wildman–Crippen LogP) is 1.86. The third-order valence-electron chi connectivity index (χ3n) is 6.74. The van der Waals surface area contributed by atoms with E-state index in [1.54, 1.807) is 0 Å². The first-order chi connectivity index (χ1) is 27.6. The Morgan fingerprint density at radius 1 is 0.517 bits per heavy atom. The molecular weight excluding hydrogens is 1080 g/mol. The summed E-state index contributed by atoms with van der Waals surface area (Å²) in [4.78, 5) is 63.6. The first kappa shape index (κ1) is 58.5. The van der Waals surface area contributed by atoms with Crippen LogP contribution in [0.15, 0.2) is 12.8 Å². The molecule has 0 aromatic heterocycles. The molecule has 0 heterocycles. The summed E-state index contributed by atoms with van der Waals surface area (Å²) in [6, 6.07) is 0. The number of carbonyl (C=O) groups excluding carboxylic acids is 5. The molecule has 4 atom stereocenters. The van der Waals surface area contributed by atoms with Gasteiger partial charge in [-0.15, -0.1) is 0 Å². The van der Waals surface area contributed by atoms with Crippen LogP contribution >= 0.6 is 51.3 Å². The average molecular weight is 1140 g/mol. The third kappa shape index (κ3) is 30.5. The molecule has 0 fully saturated rings. The maximum absolute atomic E-state index is 13.0. The van der Waals surface area contributed by atoms with Crippen LogP contribution in [0.5, 0.6) is 0 Å². The van der Waals surface area contributed by atoms with Gasteiger partial charge in [0, 0.05) is 0 Å². The molecule has 4 N–H and O–H groups in total. The van der Waals surface area contributed by atoms with Crippen LogP contribution in [0.2, 0.25) is 32.6 Å². The Hall–Kier alpha value is 0.462. The first-order valence-electron chi connectivity index (χ1n) is 16.2. The van der Waals surface area contributed by atoms with Gasteiger partial charge in [0.1, 0.15) is 0 Å². The maximum atomic E-state index is 13.0. The SMILES string of the molecule is C=COC(C(COCC(=O)C[CH2][Co](=[O])[NH]S)OCC(=O)C[CH2][Co](=[O])[NH]S)C(OCC(=O)C[CH2][Co](=[O])[NH]S)C(COCC(=O)C[CH2][Co](=[O])[NH]S)OCC(=O)C[CH2][Co]([CH3])=[O]. The van der Waals surface area contributed by atoms with E-state index in [1.807, 2.05) is 0 Å². The molecule has 29 heteroatoms. The van der Waals surface area contributed by atoms with Gasteiger partial charge in [-0.3, -0.25) is 0 Å². The summed E-state index contributed by atoms with van der Waals surface area (Å²) in [5, 5.41) is -0.142. The van der Waals surface area contributed by atoms with Crippen molar-refractivity contribution in [3.63, 3.8) is 0 Å². The van der Waals surface area contributed by atoms with Crippen LogP contribution in [-0.2, 0) is 141 Å². The molecule has 58 heavy (non-hydrogen) atoms. The van der Waals surface area contributed by atoms with Crippen molar-refractivity contribution in [2.24, 2.45) is 0 Å². The molecule has 0 amide bonds. The standard InChI is InChI=1S/C28H41O11.CH3.5Co.4H2NS.5O/c1-7-20(29)13-34-18-25(37-15-22(31)9-3)27(36-12-6)28(39-17-24(33)11-5)26(38-16-23(32)10-4)19-35-14-21(30)8-2;;;;;;;4*1-2;;;;;/h12,25-28H,1-11,13-19H2;1H3;;;;;;4*1-2H;;;;;/q;;;4*+1;4*-1;;;;;. The van der Waals surface area contributed by atoms with Gasteiger partial charge in [-0.05, 0) is 0 Å². The summed E-state index contributed by atoms with van der Waals surface area (Å²) in [5.74, 6) is -0.940. The van der Waals surface area contributed by atoms with E-state index >= 15 is 0 Å². The normalized spacial score (nSPS) is 14.7. The number of hydrogen-bond donors (Lipinski definition) is 8. The fourth-order valence-corrected chi connectivity index (χ4v) is 8.40. The Bertz CT molecular complexity index is 1430. The zero-order valence-corrected chi connectivity index (χ0v) is 39.9. The zero-order valence-electron chi connectivity index (χ0n) is 31.1. The molecule has 20 nitrogen and oxygen atoms in total. The van der Waals surface area contributed by atoms with Crippen LogP contribution in [0.3, 0.4) is 0 Å². The van der Waals surface area contributed by atoms with Crippen LogP contribution in [0.25, 0.3) is 0 Å². The molecule has 0 aliphatic heterocycles. The fraction of sp³-hybridized carbons (Fsp3) is 0.759. The molecule has 0 rings (SSSR count). The Kier molecular flexibility index (Phi) is 37.2. The Morgan fingerprint density at radius 3 is 1.16 bits per heavy atom. The second kappa shape index (κ2) is 36.9. The van der Waals surface area contributed by atoms with Gasteiger partial charge >= 0.3 is 384 Å². The van der Waals surface area contributed by atoms with Gasteiger partial charge in [-0.1, -0.05) is 0 Å². The van der Waals surface area contributed by atoms with Crippen LogP contribution in [0.1, 0.15) is 32.1 Å². The Labute approximate surface area is 380 Å². The van der Waals surface area contributed by atoms with Crippen molar-refractivity contribution in [3.05, 3.63) is 12.8 Å². The molecule has 0 aromatic carbocycles. The van der Waals surface area contributed by atoms with Gasteiger partial charge in [-0.2, -0.15) is 0 Å². The molecule has 0 aliphatic carbocycles. The van der Waals surface area contributed by atoms with Crippen molar-refractivity contribution in [1.29, 1.82) is 0 Å². The van der Waals surface area contributed by atoms with Crippen LogP contribution < -0.4 is 15.1 Å². The van der Waals surface area contributed by atoms with E-state index in [2.05, 4.69) is 72.9 Å². The second-order valence-electron chi connectivity index (χ2n) is 10.9. The topological polar surface area (TPSA) is 274 Å². The van der Waals surface area contributed by atoms with Gasteiger partial charge in [0.2, 0.25) is 0 Å². The van der Waals surface area contributed by atoms with E-state index in [0.717, 1.165) is 6.26 Å². The second-order valence-corrected chi connectivity index (χ2v) is 21.9. The van der Waals surface area contributed by atoms with Crippen molar-refractivity contribution < 1.29 is 141 Å². The number of Topliss-reactive ketones (excluding diaryl/α,β-unsaturated/α-hetero) is 5. The van der Waals surface area contributed by atoms with Crippen LogP contribution in [0.4, 0.5) is 0 Å². The van der Waals surface area contributed by atoms with Gasteiger partial charge in [0.05, 0.1) is 0 Å². The van der Waals surface area contributed by atoms with Crippen molar-refractivity contribution in [1.82, 2.24) is 15.1 Å². The number of hydrogen-bond acceptors (Lipinski definition) is 20. The summed E-state index contributed by atoms with van der Waals surface area (Å²) < 4.78 is 103. The molecule has 0 aliphatic rings. The molecule has 4 unspecified atom stereocenters. The molecule has 0 radical (unpaired) electrons. The molecule has 0 spiro atoms. The number of rotatable bonds is 41. The predicted molar refractivity (Wildman–Crippen MR) is 196 cm³/mol. The van der Waals surface area contributed by atoms with E-state index in [-0.39, 0.29) is 58.9 Å². The quantitative estimate of drug-likeness (QED) is 0.0321. The van der Waals surface area contributed by atoms with Gasteiger partial charge < -0.3 is 0 Å². The summed E-state index contributed by atoms with van der Waals surface area (Å²) in [6.45, 7) is -0.142. The first-order valence-corrected chi connectivity index (χ1v) is 27.0. The van der Waals surface area contributed by atoms with E-state index < -0.39 is 168 Å². The average Bonchev–Trinajstić information content (AvgIpc) is 3.21. The summed E-state index contributed by atoms with van der Waals surface area (Å²) >= 11 is 5.44. The van der Waals surface area contributed by atoms with Crippen molar-refractivity contribution in [3.8, 4) is 0 Å². The van der Waals surface area contributed by atoms with E-state index in [1.165, 1.54) is 5.86 Å². The van der Waals surface area contributed by atoms with E-state index in [9.17, 15) is 43.3 Å². The Morgan fingerprint density at radius 2 is 0.828 bits per heavy atom. The third-order valence-corrected chi connectivity index (χ3v) is 14.4. The van der Waals surface area contributed by atoms with Crippen molar-refractivity contribution >= 4 is 80.2 Å². The van der Waals surface area contributed by atoms with Crippen LogP contribution in [-0.4, -0.2) is 99.6 Å². The molecule has 0 saturated heterocycles. The van der Waals surface area contributed by atoms with Gasteiger partial charge in [0.15, 0.2) is 0 Å². The molecule has 0 saturated carbocycles. The fourth-order valence-electron chi connectivity index (χ4n) is 3.94. The number of ether oxygens (including phenoxy) is 6. The molecule has 353 valence electrons. The minimum absolute atomic E-state index is 0.0275. The number of carbonyl (C=O) groups is 5. The molecule has 0 aromatic rings. The van der Waals surface area contributed by atoms with Gasteiger partial charge in [-0.25, -0.2) is 0 Å². The molecule has 0 bridgehead atoms. The van der Waals surface area contributed by atoms with E-state index in [0.29, 0.717) is 0 Å². The zero-order chi connectivity index (χ0) is 43.9. The monoisotopic (exact) mass is 1130 g/mol. The van der Waals surface area contributed by atoms with Crippen molar-refractivity contribution in [2.45, 2.75) is 89.2 Å². The number of ketones is 5. The summed E-state index contributed by atoms with van der Waals surface area (Å²) in [5.41, 5.74) is 0. The number of nitrogens with one attached hydrogen (secondary N) is 4. The van der Waals surface area contributed by atoms with Crippen molar-refractivity contribution in [2.75, 3.05) is 46.2 Å². The summed E-state index contributed by atoms with van der Waals surface area (Å²) in [6.07, 6.45) is -5.36. The van der Waals surface area contributed by atoms with E-state index in [4.69, 9.17) is 28.4 Å². The number of thiol groups is 4. The summed E-state index contributed by atoms with van der Waals surface area (Å²) in [7, 11) is 0. The van der Waals surface area contributed by atoms with Gasteiger partial charge in [0.25, 0.3) is 0 Å². The van der Waals surface area contributed by atoms with Crippen LogP contribution in [0, 0.1) is 0 Å². The molecular formula is C29H52Co5N4O16S4.